The van der Waals surface area contributed by atoms with Crippen molar-refractivity contribution in [3.05, 3.63) is 59.2 Å². The molecule has 1 aromatic carbocycles. The highest BCUT2D eigenvalue weighted by Crippen LogP contribution is 2.37. The van der Waals surface area contributed by atoms with Crippen molar-refractivity contribution < 1.29 is 9.13 Å². The molecule has 148 valence electrons. The number of pyridine rings is 1. The van der Waals surface area contributed by atoms with Crippen molar-refractivity contribution in [3.8, 4) is 5.75 Å². The van der Waals surface area contributed by atoms with E-state index in [1.165, 1.54) is 4.57 Å². The second-order valence-corrected chi connectivity index (χ2v) is 7.71. The highest BCUT2D eigenvalue weighted by Gasteiger charge is 2.33. The van der Waals surface area contributed by atoms with Gasteiger partial charge in [-0.1, -0.05) is 24.3 Å². The Morgan fingerprint density at radius 1 is 1.18 bits per heavy atom. The van der Waals surface area contributed by atoms with Crippen LogP contribution in [-0.4, -0.2) is 41.1 Å². The van der Waals surface area contributed by atoms with Gasteiger partial charge < -0.3 is 10.5 Å². The third-order valence-electron chi connectivity index (χ3n) is 5.75. The summed E-state index contributed by atoms with van der Waals surface area (Å²) in [7, 11) is 1.81. The Bertz CT molecular complexity index is 942. The number of hydrogen-bond acceptors (Lipinski definition) is 5. The second-order valence-electron chi connectivity index (χ2n) is 7.71. The topological polar surface area (TPSA) is 91.1 Å². The Labute approximate surface area is 163 Å². The van der Waals surface area contributed by atoms with Crippen LogP contribution in [0.15, 0.2) is 42.6 Å². The quantitative estimate of drug-likeness (QED) is 0.562. The molecule has 2 aliphatic rings. The molecule has 4 atom stereocenters. The monoisotopic (exact) mass is 383 g/mol. The molecule has 0 saturated carbocycles. The predicted octanol–water partition coefficient (Wildman–Crippen LogP) is 2.75. The maximum atomic E-state index is 13.7. The van der Waals surface area contributed by atoms with Gasteiger partial charge in [0.25, 0.3) is 0 Å². The molecular weight excluding hydrogens is 357 g/mol. The number of nitrogens with one attached hydrogen (secondary N) is 2. The van der Waals surface area contributed by atoms with Gasteiger partial charge in [0.1, 0.15) is 29.3 Å². The van der Waals surface area contributed by atoms with Crippen LogP contribution in [0.25, 0.3) is 0 Å². The first-order valence-electron chi connectivity index (χ1n) is 9.65. The molecule has 0 bridgehead atoms. The molecule has 1 saturated heterocycles. The number of nitrogens with two attached hydrogens (primary N) is 1. The number of nitrogens with zero attached hydrogens (tertiary/aromatic N) is 2. The summed E-state index contributed by atoms with van der Waals surface area (Å²) in [6.07, 6.45) is 2.56. The van der Waals surface area contributed by atoms with Gasteiger partial charge in [-0.15, -0.1) is 0 Å². The van der Waals surface area contributed by atoms with Crippen LogP contribution in [0, 0.1) is 10.8 Å². The van der Waals surface area contributed by atoms with E-state index in [9.17, 15) is 4.39 Å². The van der Waals surface area contributed by atoms with Gasteiger partial charge in [0.2, 0.25) is 0 Å². The summed E-state index contributed by atoms with van der Waals surface area (Å²) in [6.45, 7) is 0.316. The number of alkyl halides is 1. The van der Waals surface area contributed by atoms with Gasteiger partial charge in [0.05, 0.1) is 12.2 Å². The predicted molar refractivity (Wildman–Crippen MR) is 105 cm³/mol. The smallest absolute Gasteiger partial charge is 0.137 e. The molecule has 1 aliphatic carbocycles. The first-order valence-corrected chi connectivity index (χ1v) is 9.65. The van der Waals surface area contributed by atoms with E-state index in [0.717, 1.165) is 24.0 Å². The van der Waals surface area contributed by atoms with Gasteiger partial charge in [-0.3, -0.25) is 20.3 Å². The number of aromatic nitrogens is 1. The van der Waals surface area contributed by atoms with E-state index >= 15 is 0 Å². The Morgan fingerprint density at radius 2 is 1.93 bits per heavy atom. The van der Waals surface area contributed by atoms with Crippen LogP contribution < -0.4 is 16.0 Å². The third kappa shape index (κ3) is 3.47. The normalized spacial score (nSPS) is 27.4. The zero-order valence-electron chi connectivity index (χ0n) is 15.9. The van der Waals surface area contributed by atoms with E-state index in [-0.39, 0.29) is 35.9 Å². The van der Waals surface area contributed by atoms with Crippen molar-refractivity contribution in [2.75, 3.05) is 13.6 Å². The lowest BCUT2D eigenvalue weighted by Gasteiger charge is -2.30. The highest BCUT2D eigenvalue weighted by molar-refractivity contribution is 5.87. The summed E-state index contributed by atoms with van der Waals surface area (Å²) in [5.41, 5.74) is 8.61. The maximum Gasteiger partial charge on any atom is 0.137 e. The number of ether oxygens (including phenoxy) is 1. The number of fused-ring (bicyclic) bond motifs is 1. The number of halogens is 1. The van der Waals surface area contributed by atoms with Crippen LogP contribution >= 0.6 is 0 Å². The van der Waals surface area contributed by atoms with E-state index in [0.29, 0.717) is 12.3 Å². The minimum absolute atomic E-state index is 0.0244. The van der Waals surface area contributed by atoms with Crippen molar-refractivity contribution in [1.29, 1.82) is 10.8 Å². The molecular formula is C21H26FN5O. The van der Waals surface area contributed by atoms with Crippen LogP contribution in [0.3, 0.4) is 0 Å². The van der Waals surface area contributed by atoms with Gasteiger partial charge in [-0.25, -0.2) is 4.39 Å². The summed E-state index contributed by atoms with van der Waals surface area (Å²) in [6, 6.07) is 11.1. The fourth-order valence-electron chi connectivity index (χ4n) is 4.24. The molecule has 4 rings (SSSR count). The Hall–Kier alpha value is -2.51. The van der Waals surface area contributed by atoms with Crippen molar-refractivity contribution >= 4 is 5.84 Å². The van der Waals surface area contributed by atoms with E-state index in [1.54, 1.807) is 18.3 Å². The van der Waals surface area contributed by atoms with E-state index in [4.69, 9.17) is 21.3 Å². The van der Waals surface area contributed by atoms with Crippen LogP contribution in [0.4, 0.5) is 4.39 Å². The number of likely N-dealkylation sites (tertiary alicyclic amines) is 1. The fraction of sp³-hybridized carbons (Fsp3) is 0.429. The molecule has 0 amide bonds. The molecule has 6 nitrogen and oxygen atoms in total. The lowest BCUT2D eigenvalue weighted by Crippen LogP contribution is -2.40. The number of hydrogen-bond donors (Lipinski definition) is 3. The van der Waals surface area contributed by atoms with Crippen LogP contribution in [0.5, 0.6) is 5.75 Å². The summed E-state index contributed by atoms with van der Waals surface area (Å²) in [5, 5.41) is 16.7. The minimum Gasteiger partial charge on any atom is -0.484 e. The van der Waals surface area contributed by atoms with Gasteiger partial charge in [0, 0.05) is 19.0 Å². The standard InChI is InChI=1S/C21H26FN5O/c1-26-11-13(22)10-18(26)21(25)27-12-14(6-9-20(27)24)28-19-8-7-17(23)15-4-2-3-5-16(15)19/h2-6,9,12-13,17-19,24-25H,7-8,10-11,23H2,1H3/t13-,17+,18+,19-/m1/s1. The van der Waals surface area contributed by atoms with Crippen molar-refractivity contribution in [2.45, 2.75) is 43.6 Å². The van der Waals surface area contributed by atoms with Crippen LogP contribution in [-0.2, 0) is 0 Å². The summed E-state index contributed by atoms with van der Waals surface area (Å²) in [5.74, 6) is 0.789. The molecule has 7 heteroatoms. The number of likely N-dealkylation sites (N-methyl/N-ethyl adjacent to an activating group) is 1. The number of rotatable bonds is 3. The molecule has 1 aliphatic heterocycles. The zero-order valence-corrected chi connectivity index (χ0v) is 15.9. The number of benzene rings is 1. The molecule has 1 fully saturated rings. The Balaban J connectivity index is 1.59. The Morgan fingerprint density at radius 3 is 2.64 bits per heavy atom. The molecule has 0 spiro atoms. The first kappa shape index (κ1) is 18.8. The average molecular weight is 383 g/mol. The van der Waals surface area contributed by atoms with Gasteiger partial charge in [0.15, 0.2) is 0 Å². The highest BCUT2D eigenvalue weighted by atomic mass is 19.1. The zero-order chi connectivity index (χ0) is 19.8. The lowest BCUT2D eigenvalue weighted by molar-refractivity contribution is 0.176. The van der Waals surface area contributed by atoms with Crippen molar-refractivity contribution in [1.82, 2.24) is 9.47 Å². The molecule has 2 aromatic rings. The van der Waals surface area contributed by atoms with Gasteiger partial charge in [-0.2, -0.15) is 0 Å². The third-order valence-corrected chi connectivity index (χ3v) is 5.75. The van der Waals surface area contributed by atoms with E-state index < -0.39 is 6.17 Å². The summed E-state index contributed by atoms with van der Waals surface area (Å²) >= 11 is 0. The Kier molecular flexibility index (Phi) is 5.03. The molecule has 2 heterocycles. The average Bonchev–Trinajstić information content (AvgIpc) is 3.03. The summed E-state index contributed by atoms with van der Waals surface area (Å²) in [4.78, 5) is 1.83. The molecule has 1 aromatic heterocycles. The molecule has 28 heavy (non-hydrogen) atoms. The largest absolute Gasteiger partial charge is 0.484 e. The van der Waals surface area contributed by atoms with Crippen molar-refractivity contribution in [2.24, 2.45) is 5.73 Å². The lowest BCUT2D eigenvalue weighted by atomic mass is 9.86. The van der Waals surface area contributed by atoms with Crippen LogP contribution in [0.1, 0.15) is 42.5 Å². The molecule has 0 unspecified atom stereocenters. The fourth-order valence-corrected chi connectivity index (χ4v) is 4.24. The van der Waals surface area contributed by atoms with Gasteiger partial charge >= 0.3 is 0 Å². The second kappa shape index (κ2) is 7.48. The van der Waals surface area contributed by atoms with Crippen LogP contribution in [0.2, 0.25) is 0 Å². The maximum absolute atomic E-state index is 13.7. The SMILES string of the molecule is CN1C[C@H](F)C[C@H]1C(=N)n1cc(O[C@@H]2CC[C@H](N)c3ccccc32)ccc1=N. The van der Waals surface area contributed by atoms with E-state index in [1.807, 2.05) is 36.2 Å². The first-order chi connectivity index (χ1) is 13.4. The van der Waals surface area contributed by atoms with E-state index in [2.05, 4.69) is 0 Å². The van der Waals surface area contributed by atoms with Gasteiger partial charge in [-0.05, 0) is 43.1 Å². The van der Waals surface area contributed by atoms with Crippen molar-refractivity contribution in [3.63, 3.8) is 0 Å². The summed E-state index contributed by atoms with van der Waals surface area (Å²) < 4.78 is 21.5. The molecule has 0 radical (unpaired) electrons. The minimum atomic E-state index is -0.937. The molecule has 4 N–H and O–H groups in total.